The normalized spacial score (nSPS) is 9.76. The summed E-state index contributed by atoms with van der Waals surface area (Å²) in [5.41, 5.74) is 0.576. The number of benzene rings is 1. The van der Waals surface area contributed by atoms with Gasteiger partial charge < -0.3 is 9.47 Å². The second kappa shape index (κ2) is 5.88. The van der Waals surface area contributed by atoms with Crippen LogP contribution in [0.1, 0.15) is 11.3 Å². The Bertz CT molecular complexity index is 737. The van der Waals surface area contributed by atoms with Gasteiger partial charge in [0.1, 0.15) is 17.4 Å². The van der Waals surface area contributed by atoms with Crippen LogP contribution in [0.5, 0.6) is 17.4 Å². The highest BCUT2D eigenvalue weighted by molar-refractivity contribution is 5.53. The van der Waals surface area contributed by atoms with E-state index in [1.54, 1.807) is 19.1 Å². The van der Waals surface area contributed by atoms with Gasteiger partial charge in [-0.05, 0) is 31.2 Å². The first-order chi connectivity index (χ1) is 10.0. The molecule has 0 aliphatic rings. The van der Waals surface area contributed by atoms with Crippen LogP contribution in [0.4, 0.5) is 5.69 Å². The minimum absolute atomic E-state index is 0.00426. The minimum atomic E-state index is -0.584. The van der Waals surface area contributed by atoms with Crippen molar-refractivity contribution in [3.05, 3.63) is 51.7 Å². The number of pyridine rings is 1. The summed E-state index contributed by atoms with van der Waals surface area (Å²) in [6.45, 7) is 1.73. The Morgan fingerprint density at radius 3 is 2.71 bits per heavy atom. The van der Waals surface area contributed by atoms with E-state index in [1.807, 2.05) is 6.07 Å². The molecule has 7 heteroatoms. The van der Waals surface area contributed by atoms with Crippen molar-refractivity contribution in [3.63, 3.8) is 0 Å². The predicted molar refractivity (Wildman–Crippen MR) is 73.4 cm³/mol. The third-order valence-electron chi connectivity index (χ3n) is 2.69. The summed E-state index contributed by atoms with van der Waals surface area (Å²) in [5.74, 6) is 0.368. The molecule has 0 aliphatic carbocycles. The van der Waals surface area contributed by atoms with Gasteiger partial charge in [0, 0.05) is 5.69 Å². The highest BCUT2D eigenvalue weighted by Crippen LogP contribution is 2.34. The Balaban J connectivity index is 2.47. The van der Waals surface area contributed by atoms with Gasteiger partial charge in [-0.2, -0.15) is 5.26 Å². The molecule has 0 saturated carbocycles. The number of nitrogens with zero attached hydrogens (tertiary/aromatic N) is 3. The Labute approximate surface area is 120 Å². The van der Waals surface area contributed by atoms with Crippen molar-refractivity contribution in [2.24, 2.45) is 0 Å². The van der Waals surface area contributed by atoms with Gasteiger partial charge >= 0.3 is 5.69 Å². The maximum absolute atomic E-state index is 11.1. The molecule has 1 heterocycles. The molecule has 2 rings (SSSR count). The van der Waals surface area contributed by atoms with E-state index in [0.717, 1.165) is 0 Å². The predicted octanol–water partition coefficient (Wildman–Crippen LogP) is 2.97. The van der Waals surface area contributed by atoms with E-state index in [2.05, 4.69) is 4.98 Å². The van der Waals surface area contributed by atoms with Crippen LogP contribution in [-0.2, 0) is 0 Å². The van der Waals surface area contributed by atoms with Crippen molar-refractivity contribution in [1.29, 1.82) is 5.26 Å². The number of aryl methyl sites for hydroxylation is 1. The number of ether oxygens (including phenoxy) is 2. The molecule has 0 amide bonds. The van der Waals surface area contributed by atoms with E-state index >= 15 is 0 Å². The van der Waals surface area contributed by atoms with Crippen molar-refractivity contribution in [2.75, 3.05) is 7.11 Å². The van der Waals surface area contributed by atoms with Crippen molar-refractivity contribution in [2.45, 2.75) is 6.92 Å². The molecule has 0 bridgehead atoms. The molecule has 0 fully saturated rings. The van der Waals surface area contributed by atoms with Crippen LogP contribution < -0.4 is 9.47 Å². The average Bonchev–Trinajstić information content (AvgIpc) is 2.47. The van der Waals surface area contributed by atoms with Gasteiger partial charge in [-0.15, -0.1) is 0 Å². The van der Waals surface area contributed by atoms with Crippen molar-refractivity contribution < 1.29 is 14.4 Å². The number of hydrogen-bond acceptors (Lipinski definition) is 6. The number of hydrogen-bond donors (Lipinski definition) is 0. The van der Waals surface area contributed by atoms with Crippen LogP contribution in [0.15, 0.2) is 30.3 Å². The highest BCUT2D eigenvalue weighted by atomic mass is 16.6. The summed E-state index contributed by atoms with van der Waals surface area (Å²) < 4.78 is 10.4. The van der Waals surface area contributed by atoms with E-state index in [4.69, 9.17) is 14.7 Å². The van der Waals surface area contributed by atoms with Gasteiger partial charge in [0.2, 0.25) is 11.6 Å². The summed E-state index contributed by atoms with van der Waals surface area (Å²) >= 11 is 0. The summed E-state index contributed by atoms with van der Waals surface area (Å²) in [6.07, 6.45) is 0. The summed E-state index contributed by atoms with van der Waals surface area (Å²) in [7, 11) is 1.41. The first kappa shape index (κ1) is 14.3. The quantitative estimate of drug-likeness (QED) is 0.632. The van der Waals surface area contributed by atoms with E-state index in [9.17, 15) is 10.1 Å². The standard InChI is InChI=1S/C14H11N3O4/c1-9-3-4-10(8-15)14(16-9)21-13-6-5-11(20-2)7-12(13)17(18)19/h3-7H,1-2H3. The topological polar surface area (TPSA) is 98.3 Å². The lowest BCUT2D eigenvalue weighted by atomic mass is 10.2. The molecular weight excluding hydrogens is 274 g/mol. The van der Waals surface area contributed by atoms with Crippen molar-refractivity contribution >= 4 is 5.69 Å². The van der Waals surface area contributed by atoms with E-state index in [1.165, 1.54) is 25.3 Å². The lowest BCUT2D eigenvalue weighted by Crippen LogP contribution is -1.98. The van der Waals surface area contributed by atoms with Crippen molar-refractivity contribution in [1.82, 2.24) is 4.98 Å². The Hall–Kier alpha value is -3.14. The Morgan fingerprint density at radius 2 is 2.10 bits per heavy atom. The van der Waals surface area contributed by atoms with Crippen LogP contribution in [0.25, 0.3) is 0 Å². The zero-order valence-electron chi connectivity index (χ0n) is 11.4. The largest absolute Gasteiger partial charge is 0.496 e. The Kier molecular flexibility index (Phi) is 4.00. The van der Waals surface area contributed by atoms with Gasteiger partial charge in [-0.3, -0.25) is 10.1 Å². The summed E-state index contributed by atoms with van der Waals surface area (Å²) in [6, 6.07) is 9.33. The fourth-order valence-corrected chi connectivity index (χ4v) is 1.65. The first-order valence-corrected chi connectivity index (χ1v) is 5.93. The minimum Gasteiger partial charge on any atom is -0.496 e. The van der Waals surface area contributed by atoms with Crippen LogP contribution in [0.3, 0.4) is 0 Å². The molecule has 0 atom stereocenters. The first-order valence-electron chi connectivity index (χ1n) is 5.93. The fraction of sp³-hybridized carbons (Fsp3) is 0.143. The van der Waals surface area contributed by atoms with Gasteiger partial charge in [-0.25, -0.2) is 4.98 Å². The van der Waals surface area contributed by atoms with E-state index < -0.39 is 4.92 Å². The second-order valence-corrected chi connectivity index (χ2v) is 4.11. The van der Waals surface area contributed by atoms with Gasteiger partial charge in [0.15, 0.2) is 0 Å². The van der Waals surface area contributed by atoms with E-state index in [-0.39, 0.29) is 22.9 Å². The molecule has 0 N–H and O–H groups in total. The Morgan fingerprint density at radius 1 is 1.33 bits per heavy atom. The van der Waals surface area contributed by atoms with Crippen LogP contribution >= 0.6 is 0 Å². The number of methoxy groups -OCH3 is 1. The number of rotatable bonds is 4. The number of nitriles is 1. The summed E-state index contributed by atoms with van der Waals surface area (Å²) in [5, 5.41) is 20.1. The molecule has 0 spiro atoms. The van der Waals surface area contributed by atoms with E-state index in [0.29, 0.717) is 11.4 Å². The molecule has 1 aromatic heterocycles. The molecule has 2 aromatic rings. The molecule has 0 unspecified atom stereocenters. The number of nitro groups is 1. The molecule has 0 aliphatic heterocycles. The summed E-state index contributed by atoms with van der Waals surface area (Å²) in [4.78, 5) is 14.6. The zero-order chi connectivity index (χ0) is 15.4. The number of nitro benzene ring substituents is 1. The molecule has 1 aromatic carbocycles. The average molecular weight is 285 g/mol. The molecular formula is C14H11N3O4. The SMILES string of the molecule is COc1ccc(Oc2nc(C)ccc2C#N)c([N+](=O)[O-])c1. The van der Waals surface area contributed by atoms with Crippen LogP contribution in [0, 0.1) is 28.4 Å². The molecule has 21 heavy (non-hydrogen) atoms. The number of aromatic nitrogens is 1. The third-order valence-corrected chi connectivity index (χ3v) is 2.69. The maximum atomic E-state index is 11.1. The van der Waals surface area contributed by atoms with Crippen LogP contribution in [0.2, 0.25) is 0 Å². The van der Waals surface area contributed by atoms with Gasteiger partial charge in [0.05, 0.1) is 18.1 Å². The van der Waals surface area contributed by atoms with Crippen LogP contribution in [-0.4, -0.2) is 17.0 Å². The van der Waals surface area contributed by atoms with Gasteiger partial charge in [0.25, 0.3) is 0 Å². The monoisotopic (exact) mass is 285 g/mol. The second-order valence-electron chi connectivity index (χ2n) is 4.11. The zero-order valence-corrected chi connectivity index (χ0v) is 11.4. The third kappa shape index (κ3) is 3.06. The molecule has 7 nitrogen and oxygen atoms in total. The highest BCUT2D eigenvalue weighted by Gasteiger charge is 2.19. The van der Waals surface area contributed by atoms with Gasteiger partial charge in [-0.1, -0.05) is 0 Å². The maximum Gasteiger partial charge on any atom is 0.315 e. The fourth-order valence-electron chi connectivity index (χ4n) is 1.65. The van der Waals surface area contributed by atoms with Crippen molar-refractivity contribution in [3.8, 4) is 23.4 Å². The lowest BCUT2D eigenvalue weighted by Gasteiger charge is -2.08. The molecule has 0 saturated heterocycles. The molecule has 106 valence electrons. The lowest BCUT2D eigenvalue weighted by molar-refractivity contribution is -0.385. The molecule has 0 radical (unpaired) electrons. The smallest absolute Gasteiger partial charge is 0.315 e.